The number of nitrogens with one attached hydrogen (secondary N) is 1. The second-order valence-electron chi connectivity index (χ2n) is 6.20. The summed E-state index contributed by atoms with van der Waals surface area (Å²) < 4.78 is 44.0. The molecule has 0 bridgehead atoms. The van der Waals surface area contributed by atoms with Gasteiger partial charge in [-0.25, -0.2) is 0 Å². The fourth-order valence-electron chi connectivity index (χ4n) is 2.37. The van der Waals surface area contributed by atoms with E-state index < -0.39 is 17.6 Å². The van der Waals surface area contributed by atoms with Crippen LogP contribution in [0.25, 0.3) is 11.5 Å². The molecule has 0 aliphatic heterocycles. The van der Waals surface area contributed by atoms with Gasteiger partial charge in [0.05, 0.1) is 22.0 Å². The van der Waals surface area contributed by atoms with E-state index in [1.54, 1.807) is 0 Å². The molecule has 5 nitrogen and oxygen atoms in total. The summed E-state index contributed by atoms with van der Waals surface area (Å²) in [7, 11) is 0. The van der Waals surface area contributed by atoms with Gasteiger partial charge < -0.3 is 9.73 Å². The topological polar surface area (TPSA) is 68.0 Å². The van der Waals surface area contributed by atoms with Crippen molar-refractivity contribution in [2.45, 2.75) is 25.2 Å². The molecule has 0 aliphatic carbocycles. The second kappa shape index (κ2) is 8.46. The number of aromatic nitrogens is 2. The van der Waals surface area contributed by atoms with E-state index in [0.717, 1.165) is 46.7 Å². The lowest BCUT2D eigenvalue weighted by molar-refractivity contribution is -0.137. The maximum Gasteiger partial charge on any atom is 0.416 e. The van der Waals surface area contributed by atoms with Crippen molar-refractivity contribution in [3.05, 3.63) is 58.1 Å². The van der Waals surface area contributed by atoms with Crippen LogP contribution in [0.1, 0.15) is 16.7 Å². The quantitative estimate of drug-likeness (QED) is 0.510. The first kappa shape index (κ1) is 21.2. The molecule has 0 saturated carbocycles. The Bertz CT molecular complexity index is 1050. The van der Waals surface area contributed by atoms with Crippen molar-refractivity contribution in [3.8, 4) is 11.5 Å². The number of nitrogens with zero attached hydrogens (tertiary/aromatic N) is 2. The number of hydrogen-bond donors (Lipinski definition) is 1. The average Bonchev–Trinajstić information content (AvgIpc) is 3.12. The molecule has 1 N–H and O–H groups in total. The first-order valence-electron chi connectivity index (χ1n) is 8.34. The average molecular weight is 442 g/mol. The Hall–Kier alpha value is -2.52. The van der Waals surface area contributed by atoms with Crippen LogP contribution in [0.3, 0.4) is 0 Å². The number of thioether (sulfide) groups is 1. The van der Waals surface area contributed by atoms with Crippen molar-refractivity contribution in [1.82, 2.24) is 10.2 Å². The van der Waals surface area contributed by atoms with Crippen molar-refractivity contribution in [3.63, 3.8) is 0 Å². The van der Waals surface area contributed by atoms with Gasteiger partial charge in [-0.1, -0.05) is 29.4 Å². The molecule has 0 spiro atoms. The van der Waals surface area contributed by atoms with Crippen molar-refractivity contribution >= 4 is 35.0 Å². The Kier molecular flexibility index (Phi) is 6.18. The highest BCUT2D eigenvalue weighted by Crippen LogP contribution is 2.34. The summed E-state index contributed by atoms with van der Waals surface area (Å²) in [5.74, 6) is -0.375. The molecular weight excluding hydrogens is 427 g/mol. The number of benzene rings is 2. The summed E-state index contributed by atoms with van der Waals surface area (Å²) in [6.45, 7) is 3.96. The Morgan fingerprint density at radius 2 is 1.90 bits per heavy atom. The van der Waals surface area contributed by atoms with E-state index in [-0.39, 0.29) is 21.7 Å². The molecule has 0 atom stereocenters. The number of anilines is 1. The summed E-state index contributed by atoms with van der Waals surface area (Å²) in [5, 5.41) is 10.4. The van der Waals surface area contributed by atoms with Gasteiger partial charge in [0.2, 0.25) is 11.8 Å². The maximum atomic E-state index is 12.8. The molecule has 29 heavy (non-hydrogen) atoms. The van der Waals surface area contributed by atoms with E-state index in [4.69, 9.17) is 16.0 Å². The van der Waals surface area contributed by atoms with Crippen LogP contribution < -0.4 is 5.32 Å². The van der Waals surface area contributed by atoms with Crippen LogP contribution in [0.2, 0.25) is 5.02 Å². The third kappa shape index (κ3) is 5.30. The van der Waals surface area contributed by atoms with Gasteiger partial charge in [-0.15, -0.1) is 10.2 Å². The lowest BCUT2D eigenvalue weighted by atomic mass is 10.1. The second-order valence-corrected chi connectivity index (χ2v) is 7.54. The highest BCUT2D eigenvalue weighted by Gasteiger charge is 2.31. The van der Waals surface area contributed by atoms with Crippen LogP contribution in [0.15, 0.2) is 46.0 Å². The summed E-state index contributed by atoms with van der Waals surface area (Å²) >= 11 is 6.84. The highest BCUT2D eigenvalue weighted by atomic mass is 35.5. The molecule has 1 aromatic heterocycles. The molecule has 0 unspecified atom stereocenters. The van der Waals surface area contributed by atoms with E-state index in [1.807, 2.05) is 32.0 Å². The van der Waals surface area contributed by atoms with Gasteiger partial charge >= 0.3 is 6.18 Å². The molecule has 10 heteroatoms. The first-order chi connectivity index (χ1) is 13.6. The van der Waals surface area contributed by atoms with Crippen LogP contribution >= 0.6 is 23.4 Å². The lowest BCUT2D eigenvalue weighted by Gasteiger charge is -2.11. The van der Waals surface area contributed by atoms with Gasteiger partial charge in [0, 0.05) is 5.56 Å². The molecule has 0 aliphatic rings. The molecule has 152 valence electrons. The minimum atomic E-state index is -4.53. The predicted molar refractivity (Wildman–Crippen MR) is 105 cm³/mol. The Morgan fingerprint density at radius 1 is 1.14 bits per heavy atom. The SMILES string of the molecule is Cc1ccc(-c2nnc(SCC(=O)Nc3cc(C(F)(F)F)ccc3Cl)o2)cc1C. The van der Waals surface area contributed by atoms with Crippen LogP contribution in [0, 0.1) is 13.8 Å². The number of carbonyl (C=O) groups is 1. The maximum absolute atomic E-state index is 12.8. The van der Waals surface area contributed by atoms with Gasteiger partial charge in [0.15, 0.2) is 0 Å². The Labute approximate surface area is 173 Å². The number of halogens is 4. The number of rotatable bonds is 5. The molecule has 0 saturated heterocycles. The van der Waals surface area contributed by atoms with Crippen molar-refractivity contribution in [1.29, 1.82) is 0 Å². The smallest absolute Gasteiger partial charge is 0.411 e. The summed E-state index contributed by atoms with van der Waals surface area (Å²) in [5.41, 5.74) is 1.95. The fourth-order valence-corrected chi connectivity index (χ4v) is 3.10. The summed E-state index contributed by atoms with van der Waals surface area (Å²) in [4.78, 5) is 12.1. The van der Waals surface area contributed by atoms with Gasteiger partial charge in [-0.3, -0.25) is 4.79 Å². The zero-order valence-corrected chi connectivity index (χ0v) is 16.9. The third-order valence-electron chi connectivity index (χ3n) is 4.05. The predicted octanol–water partition coefficient (Wildman–Crippen LogP) is 5.76. The van der Waals surface area contributed by atoms with E-state index in [9.17, 15) is 18.0 Å². The lowest BCUT2D eigenvalue weighted by Crippen LogP contribution is -2.15. The summed E-state index contributed by atoms with van der Waals surface area (Å²) in [6.07, 6.45) is -4.53. The third-order valence-corrected chi connectivity index (χ3v) is 5.20. The van der Waals surface area contributed by atoms with E-state index >= 15 is 0 Å². The van der Waals surface area contributed by atoms with Crippen LogP contribution in [-0.2, 0) is 11.0 Å². The molecule has 2 aromatic carbocycles. The molecule has 3 rings (SSSR count). The van der Waals surface area contributed by atoms with Gasteiger partial charge in [-0.05, 0) is 55.3 Å². The monoisotopic (exact) mass is 441 g/mol. The fraction of sp³-hybridized carbons (Fsp3) is 0.211. The normalized spacial score (nSPS) is 11.5. The molecule has 0 fully saturated rings. The minimum Gasteiger partial charge on any atom is -0.411 e. The minimum absolute atomic E-state index is 0.00571. The van der Waals surface area contributed by atoms with Crippen molar-refractivity contribution < 1.29 is 22.4 Å². The molecule has 0 radical (unpaired) electrons. The Balaban J connectivity index is 1.63. The van der Waals surface area contributed by atoms with E-state index in [1.165, 1.54) is 0 Å². The van der Waals surface area contributed by atoms with Crippen LogP contribution in [-0.4, -0.2) is 21.9 Å². The Morgan fingerprint density at radius 3 is 2.59 bits per heavy atom. The van der Waals surface area contributed by atoms with Gasteiger partial charge in [0.1, 0.15) is 0 Å². The van der Waals surface area contributed by atoms with E-state index in [2.05, 4.69) is 15.5 Å². The van der Waals surface area contributed by atoms with Crippen LogP contribution in [0.4, 0.5) is 18.9 Å². The van der Waals surface area contributed by atoms with Gasteiger partial charge in [-0.2, -0.15) is 13.2 Å². The number of alkyl halides is 3. The number of aryl methyl sites for hydroxylation is 2. The van der Waals surface area contributed by atoms with Crippen molar-refractivity contribution in [2.24, 2.45) is 0 Å². The zero-order valence-electron chi connectivity index (χ0n) is 15.3. The molecular formula is C19H15ClF3N3O2S. The highest BCUT2D eigenvalue weighted by molar-refractivity contribution is 7.99. The molecule has 3 aromatic rings. The number of carbonyl (C=O) groups excluding carboxylic acids is 1. The number of amides is 1. The van der Waals surface area contributed by atoms with Gasteiger partial charge in [0.25, 0.3) is 5.22 Å². The standard InChI is InChI=1S/C19H15ClF3N3O2S/c1-10-3-4-12(7-11(10)2)17-25-26-18(28-17)29-9-16(27)24-15-8-13(19(21,22)23)5-6-14(15)20/h3-8H,9H2,1-2H3,(H,24,27). The summed E-state index contributed by atoms with van der Waals surface area (Å²) in [6, 6.07) is 8.43. The van der Waals surface area contributed by atoms with Crippen LogP contribution in [0.5, 0.6) is 0 Å². The first-order valence-corrected chi connectivity index (χ1v) is 9.70. The van der Waals surface area contributed by atoms with E-state index in [0.29, 0.717) is 5.89 Å². The number of hydrogen-bond acceptors (Lipinski definition) is 5. The largest absolute Gasteiger partial charge is 0.416 e. The molecule has 1 heterocycles. The molecule has 1 amide bonds. The zero-order chi connectivity index (χ0) is 21.2. The van der Waals surface area contributed by atoms with Crippen molar-refractivity contribution in [2.75, 3.05) is 11.1 Å².